The molecule has 1 aromatic rings. The third-order valence-electron chi connectivity index (χ3n) is 3.61. The summed E-state index contributed by atoms with van der Waals surface area (Å²) in [6.45, 7) is 5.05. The number of rotatable bonds is 2. The Morgan fingerprint density at radius 2 is 2.21 bits per heavy atom. The topological polar surface area (TPSA) is 46.3 Å². The quantitative estimate of drug-likeness (QED) is 0.907. The van der Waals surface area contributed by atoms with Crippen LogP contribution in [0.3, 0.4) is 0 Å². The molecule has 5 heteroatoms. The van der Waals surface area contributed by atoms with Crippen LogP contribution in [0.5, 0.6) is 0 Å². The molecule has 2 N–H and O–H groups in total. The molecule has 1 saturated heterocycles. The zero-order chi connectivity index (χ0) is 13.3. The van der Waals surface area contributed by atoms with Crippen LogP contribution in [-0.2, 0) is 0 Å². The molecular weight excluding hydrogens is 267 g/mol. The van der Waals surface area contributed by atoms with Gasteiger partial charge in [0, 0.05) is 19.1 Å². The van der Waals surface area contributed by atoms with Crippen LogP contribution in [0.4, 0.5) is 4.39 Å². The summed E-state index contributed by atoms with van der Waals surface area (Å²) in [5.41, 5.74) is 6.81. The lowest BCUT2D eigenvalue weighted by Gasteiger charge is -2.18. The molecule has 0 saturated carbocycles. The summed E-state index contributed by atoms with van der Waals surface area (Å²) >= 11 is 0. The summed E-state index contributed by atoms with van der Waals surface area (Å²) < 4.78 is 13.7. The number of halogens is 2. The number of hydrogen-bond donors (Lipinski definition) is 1. The van der Waals surface area contributed by atoms with Gasteiger partial charge in [-0.05, 0) is 43.9 Å². The fourth-order valence-electron chi connectivity index (χ4n) is 2.36. The third kappa shape index (κ3) is 3.45. The first-order chi connectivity index (χ1) is 8.49. The SMILES string of the molecule is Cc1ccc(C(=O)N2CCC(C(C)N)C2)c(F)c1.Cl. The van der Waals surface area contributed by atoms with Crippen LogP contribution in [0.2, 0.25) is 0 Å². The van der Waals surface area contributed by atoms with E-state index in [9.17, 15) is 9.18 Å². The highest BCUT2D eigenvalue weighted by atomic mass is 35.5. The van der Waals surface area contributed by atoms with Gasteiger partial charge in [0.15, 0.2) is 0 Å². The monoisotopic (exact) mass is 286 g/mol. The van der Waals surface area contributed by atoms with E-state index < -0.39 is 5.82 Å². The third-order valence-corrected chi connectivity index (χ3v) is 3.61. The predicted octanol–water partition coefficient (Wildman–Crippen LogP) is 2.37. The van der Waals surface area contributed by atoms with E-state index in [-0.39, 0.29) is 29.9 Å². The Labute approximate surface area is 119 Å². The molecule has 2 unspecified atom stereocenters. The van der Waals surface area contributed by atoms with Crippen molar-refractivity contribution in [3.8, 4) is 0 Å². The molecule has 3 nitrogen and oxygen atoms in total. The normalized spacial score (nSPS) is 20.0. The van der Waals surface area contributed by atoms with Gasteiger partial charge < -0.3 is 10.6 Å². The lowest BCUT2D eigenvalue weighted by molar-refractivity contribution is 0.0781. The molecule has 1 aliphatic heterocycles. The van der Waals surface area contributed by atoms with Crippen molar-refractivity contribution in [3.63, 3.8) is 0 Å². The molecule has 1 aliphatic rings. The minimum atomic E-state index is -0.441. The van der Waals surface area contributed by atoms with Crippen LogP contribution < -0.4 is 5.73 Å². The summed E-state index contributed by atoms with van der Waals surface area (Å²) in [4.78, 5) is 13.9. The molecule has 106 valence electrons. The van der Waals surface area contributed by atoms with Crippen LogP contribution in [0.15, 0.2) is 18.2 Å². The first kappa shape index (κ1) is 15.9. The van der Waals surface area contributed by atoms with E-state index in [1.54, 1.807) is 24.0 Å². The summed E-state index contributed by atoms with van der Waals surface area (Å²) in [5.74, 6) is -0.345. The van der Waals surface area contributed by atoms with Gasteiger partial charge in [0.2, 0.25) is 0 Å². The minimum Gasteiger partial charge on any atom is -0.338 e. The van der Waals surface area contributed by atoms with E-state index >= 15 is 0 Å². The van der Waals surface area contributed by atoms with Gasteiger partial charge in [0.05, 0.1) is 5.56 Å². The Hall–Kier alpha value is -1.13. The number of nitrogens with two attached hydrogens (primary N) is 1. The maximum atomic E-state index is 13.7. The highest BCUT2D eigenvalue weighted by Gasteiger charge is 2.29. The number of carbonyl (C=O) groups excluding carboxylic acids is 1. The van der Waals surface area contributed by atoms with Crippen molar-refractivity contribution in [1.82, 2.24) is 4.90 Å². The molecule has 2 rings (SSSR count). The molecule has 1 fully saturated rings. The van der Waals surface area contributed by atoms with Gasteiger partial charge in [-0.1, -0.05) is 6.07 Å². The van der Waals surface area contributed by atoms with Crippen LogP contribution in [0, 0.1) is 18.7 Å². The van der Waals surface area contributed by atoms with Crippen LogP contribution in [-0.4, -0.2) is 29.9 Å². The largest absolute Gasteiger partial charge is 0.338 e. The van der Waals surface area contributed by atoms with Crippen LogP contribution in [0.1, 0.15) is 29.3 Å². The number of hydrogen-bond acceptors (Lipinski definition) is 2. The smallest absolute Gasteiger partial charge is 0.256 e. The van der Waals surface area contributed by atoms with Crippen LogP contribution >= 0.6 is 12.4 Å². The number of benzene rings is 1. The molecule has 0 bridgehead atoms. The number of carbonyl (C=O) groups is 1. The second kappa shape index (κ2) is 6.35. The second-order valence-electron chi connectivity index (χ2n) is 5.14. The average Bonchev–Trinajstić information content (AvgIpc) is 2.77. The van der Waals surface area contributed by atoms with E-state index in [0.717, 1.165) is 12.0 Å². The number of likely N-dealkylation sites (tertiary alicyclic amines) is 1. The fourth-order valence-corrected chi connectivity index (χ4v) is 2.36. The highest BCUT2D eigenvalue weighted by Crippen LogP contribution is 2.22. The van der Waals surface area contributed by atoms with E-state index in [4.69, 9.17) is 5.73 Å². The molecule has 1 aromatic carbocycles. The van der Waals surface area contributed by atoms with E-state index in [2.05, 4.69) is 0 Å². The standard InChI is InChI=1S/C14H19FN2O.ClH/c1-9-3-4-12(13(15)7-9)14(18)17-6-5-11(8-17)10(2)16;/h3-4,7,10-11H,5-6,8,16H2,1-2H3;1H. The lowest BCUT2D eigenvalue weighted by Crippen LogP contribution is -2.33. The first-order valence-electron chi connectivity index (χ1n) is 6.30. The van der Waals surface area contributed by atoms with Crippen molar-refractivity contribution in [1.29, 1.82) is 0 Å². The van der Waals surface area contributed by atoms with Crippen molar-refractivity contribution in [2.75, 3.05) is 13.1 Å². The molecule has 0 aliphatic carbocycles. The van der Waals surface area contributed by atoms with E-state index in [0.29, 0.717) is 19.0 Å². The molecular formula is C14H20ClFN2O. The van der Waals surface area contributed by atoms with Crippen molar-refractivity contribution in [2.24, 2.45) is 11.7 Å². The molecule has 0 radical (unpaired) electrons. The first-order valence-corrected chi connectivity index (χ1v) is 6.30. The Morgan fingerprint density at radius 1 is 1.53 bits per heavy atom. The van der Waals surface area contributed by atoms with Gasteiger partial charge in [-0.15, -0.1) is 12.4 Å². The van der Waals surface area contributed by atoms with E-state index in [1.807, 2.05) is 6.92 Å². The van der Waals surface area contributed by atoms with Crippen LogP contribution in [0.25, 0.3) is 0 Å². The molecule has 0 spiro atoms. The summed E-state index contributed by atoms with van der Waals surface area (Å²) in [5, 5.41) is 0. The average molecular weight is 287 g/mol. The van der Waals surface area contributed by atoms with Gasteiger partial charge >= 0.3 is 0 Å². The minimum absolute atomic E-state index is 0. The number of amides is 1. The molecule has 2 atom stereocenters. The Balaban J connectivity index is 0.00000180. The van der Waals surface area contributed by atoms with Crippen molar-refractivity contribution >= 4 is 18.3 Å². The maximum absolute atomic E-state index is 13.7. The summed E-state index contributed by atoms with van der Waals surface area (Å²) in [6, 6.07) is 4.79. The fraction of sp³-hybridized carbons (Fsp3) is 0.500. The molecule has 19 heavy (non-hydrogen) atoms. The van der Waals surface area contributed by atoms with Gasteiger partial charge in [-0.25, -0.2) is 4.39 Å². The molecule has 1 amide bonds. The second-order valence-corrected chi connectivity index (χ2v) is 5.14. The molecule has 0 aromatic heterocycles. The van der Waals surface area contributed by atoms with Gasteiger partial charge in [-0.2, -0.15) is 0 Å². The van der Waals surface area contributed by atoms with Crippen molar-refractivity contribution < 1.29 is 9.18 Å². The van der Waals surface area contributed by atoms with E-state index in [1.165, 1.54) is 6.07 Å². The zero-order valence-electron chi connectivity index (χ0n) is 11.2. The maximum Gasteiger partial charge on any atom is 0.256 e. The Morgan fingerprint density at radius 3 is 2.74 bits per heavy atom. The Kier molecular flexibility index (Phi) is 5.32. The van der Waals surface area contributed by atoms with Crippen molar-refractivity contribution in [3.05, 3.63) is 35.1 Å². The molecule has 1 heterocycles. The number of aryl methyl sites for hydroxylation is 1. The van der Waals surface area contributed by atoms with Gasteiger partial charge in [0.25, 0.3) is 5.91 Å². The van der Waals surface area contributed by atoms with Gasteiger partial charge in [-0.3, -0.25) is 4.79 Å². The number of nitrogens with zero attached hydrogens (tertiary/aromatic N) is 1. The van der Waals surface area contributed by atoms with Crippen molar-refractivity contribution in [2.45, 2.75) is 26.3 Å². The predicted molar refractivity (Wildman–Crippen MR) is 76.0 cm³/mol. The van der Waals surface area contributed by atoms with Gasteiger partial charge in [0.1, 0.15) is 5.82 Å². The summed E-state index contributed by atoms with van der Waals surface area (Å²) in [7, 11) is 0. The Bertz CT molecular complexity index is 465. The lowest BCUT2D eigenvalue weighted by atomic mass is 10.0. The zero-order valence-corrected chi connectivity index (χ0v) is 12.0. The summed E-state index contributed by atoms with van der Waals surface area (Å²) in [6.07, 6.45) is 0.900. The highest BCUT2D eigenvalue weighted by molar-refractivity contribution is 5.94.